The Morgan fingerprint density at radius 1 is 1.17 bits per heavy atom. The predicted octanol–water partition coefficient (Wildman–Crippen LogP) is 3.87. The highest BCUT2D eigenvalue weighted by Gasteiger charge is 2.31. The average molecular weight is 474 g/mol. The number of aromatic nitrogens is 2. The molecule has 0 bridgehead atoms. The Hall–Kier alpha value is -2.77. The number of halogens is 2. The zero-order valence-electron chi connectivity index (χ0n) is 15.5. The molecule has 2 amide bonds. The predicted molar refractivity (Wildman–Crippen MR) is 115 cm³/mol. The molecule has 148 valence electrons. The van der Waals surface area contributed by atoms with Crippen LogP contribution in [0.2, 0.25) is 5.02 Å². The van der Waals surface area contributed by atoms with E-state index < -0.39 is 11.9 Å². The third-order valence-corrected chi connectivity index (χ3v) is 5.15. The molecule has 0 aliphatic rings. The summed E-state index contributed by atoms with van der Waals surface area (Å²) in [6, 6.07) is 14.2. The molecule has 0 radical (unpaired) electrons. The lowest BCUT2D eigenvalue weighted by molar-refractivity contribution is -0.121. The van der Waals surface area contributed by atoms with Gasteiger partial charge in [-0.1, -0.05) is 57.9 Å². The molecule has 2 aromatic carbocycles. The standard InChI is InChI=1S/C21H18BrClN4O2/c1-24-19(28)13-27(21(29)18-12-25-9-10-26-18)20(14-5-4-6-15(22)11-14)16-7-2-3-8-17(16)23/h2-12,20H,13H2,1H3,(H,24,28). The van der Waals surface area contributed by atoms with Crippen LogP contribution in [0.25, 0.3) is 0 Å². The van der Waals surface area contributed by atoms with E-state index in [9.17, 15) is 9.59 Å². The van der Waals surface area contributed by atoms with Crippen LogP contribution in [0.3, 0.4) is 0 Å². The lowest BCUT2D eigenvalue weighted by atomic mass is 9.96. The van der Waals surface area contributed by atoms with Gasteiger partial charge in [-0.15, -0.1) is 0 Å². The van der Waals surface area contributed by atoms with Gasteiger partial charge in [-0.2, -0.15) is 0 Å². The van der Waals surface area contributed by atoms with Crippen molar-refractivity contribution in [2.45, 2.75) is 6.04 Å². The Morgan fingerprint density at radius 2 is 1.97 bits per heavy atom. The fourth-order valence-electron chi connectivity index (χ4n) is 2.97. The van der Waals surface area contributed by atoms with Gasteiger partial charge >= 0.3 is 0 Å². The Morgan fingerprint density at radius 3 is 2.62 bits per heavy atom. The highest BCUT2D eigenvalue weighted by molar-refractivity contribution is 9.10. The minimum atomic E-state index is -0.604. The number of benzene rings is 2. The maximum Gasteiger partial charge on any atom is 0.275 e. The van der Waals surface area contributed by atoms with Crippen LogP contribution < -0.4 is 5.32 Å². The van der Waals surface area contributed by atoms with Gasteiger partial charge in [0, 0.05) is 28.9 Å². The van der Waals surface area contributed by atoms with Gasteiger partial charge in [-0.05, 0) is 29.3 Å². The molecular formula is C21H18BrClN4O2. The first-order chi connectivity index (χ1) is 14.0. The number of rotatable bonds is 6. The van der Waals surface area contributed by atoms with Crippen LogP contribution in [0.4, 0.5) is 0 Å². The number of amides is 2. The first kappa shape index (κ1) is 21.0. The van der Waals surface area contributed by atoms with Gasteiger partial charge in [0.1, 0.15) is 12.2 Å². The summed E-state index contributed by atoms with van der Waals surface area (Å²) >= 11 is 9.97. The Kier molecular flexibility index (Phi) is 6.95. The summed E-state index contributed by atoms with van der Waals surface area (Å²) in [5.41, 5.74) is 1.64. The summed E-state index contributed by atoms with van der Waals surface area (Å²) in [6.07, 6.45) is 4.30. The molecule has 1 N–H and O–H groups in total. The Labute approximate surface area is 182 Å². The fourth-order valence-corrected chi connectivity index (χ4v) is 3.63. The normalized spacial score (nSPS) is 11.6. The molecule has 29 heavy (non-hydrogen) atoms. The third-order valence-electron chi connectivity index (χ3n) is 4.31. The van der Waals surface area contributed by atoms with E-state index in [0.29, 0.717) is 10.6 Å². The summed E-state index contributed by atoms with van der Waals surface area (Å²) in [6.45, 7) is -0.172. The van der Waals surface area contributed by atoms with Crippen molar-refractivity contribution in [1.82, 2.24) is 20.2 Å². The molecule has 0 saturated heterocycles. The quantitative estimate of drug-likeness (QED) is 0.590. The second-order valence-electron chi connectivity index (χ2n) is 6.18. The number of hydrogen-bond donors (Lipinski definition) is 1. The second-order valence-corrected chi connectivity index (χ2v) is 7.50. The molecule has 0 fully saturated rings. The lowest BCUT2D eigenvalue weighted by Crippen LogP contribution is -2.42. The van der Waals surface area contributed by atoms with Crippen molar-refractivity contribution in [3.8, 4) is 0 Å². The van der Waals surface area contributed by atoms with E-state index in [1.54, 1.807) is 6.07 Å². The van der Waals surface area contributed by atoms with Crippen molar-refractivity contribution in [1.29, 1.82) is 0 Å². The molecule has 3 aromatic rings. The van der Waals surface area contributed by atoms with Gasteiger partial charge in [-0.3, -0.25) is 14.6 Å². The Balaban J connectivity index is 2.18. The van der Waals surface area contributed by atoms with Crippen LogP contribution in [-0.2, 0) is 4.79 Å². The number of nitrogens with one attached hydrogen (secondary N) is 1. The summed E-state index contributed by atoms with van der Waals surface area (Å²) < 4.78 is 0.846. The SMILES string of the molecule is CNC(=O)CN(C(=O)c1cnccn1)C(c1cccc(Br)c1)c1ccccc1Cl. The zero-order valence-corrected chi connectivity index (χ0v) is 17.9. The smallest absolute Gasteiger partial charge is 0.275 e. The fraction of sp³-hybridized carbons (Fsp3) is 0.143. The van der Waals surface area contributed by atoms with Crippen molar-refractivity contribution in [3.63, 3.8) is 0 Å². The summed E-state index contributed by atoms with van der Waals surface area (Å²) in [7, 11) is 1.52. The Bertz CT molecular complexity index is 1020. The van der Waals surface area contributed by atoms with Crippen molar-refractivity contribution in [2.24, 2.45) is 0 Å². The molecule has 0 spiro atoms. The molecule has 1 aromatic heterocycles. The molecule has 0 saturated carbocycles. The van der Waals surface area contributed by atoms with E-state index in [1.807, 2.05) is 42.5 Å². The van der Waals surface area contributed by atoms with Crippen molar-refractivity contribution in [3.05, 3.63) is 93.4 Å². The van der Waals surface area contributed by atoms with Crippen molar-refractivity contribution < 1.29 is 9.59 Å². The monoisotopic (exact) mass is 472 g/mol. The van der Waals surface area contributed by atoms with Gasteiger partial charge < -0.3 is 10.2 Å². The van der Waals surface area contributed by atoms with Gasteiger partial charge in [0.25, 0.3) is 5.91 Å². The molecule has 1 heterocycles. The third kappa shape index (κ3) is 4.99. The van der Waals surface area contributed by atoms with E-state index >= 15 is 0 Å². The molecule has 1 unspecified atom stereocenters. The molecule has 0 aliphatic heterocycles. The lowest BCUT2D eigenvalue weighted by Gasteiger charge is -2.32. The molecule has 8 heteroatoms. The van der Waals surface area contributed by atoms with Crippen LogP contribution >= 0.6 is 27.5 Å². The van der Waals surface area contributed by atoms with Gasteiger partial charge in [-0.25, -0.2) is 4.98 Å². The molecule has 0 aliphatic carbocycles. The highest BCUT2D eigenvalue weighted by Crippen LogP contribution is 2.35. The zero-order chi connectivity index (χ0) is 20.8. The number of likely N-dealkylation sites (N-methyl/N-ethyl adjacent to an activating group) is 1. The van der Waals surface area contributed by atoms with Gasteiger partial charge in [0.2, 0.25) is 5.91 Å². The van der Waals surface area contributed by atoms with E-state index in [4.69, 9.17) is 11.6 Å². The first-order valence-corrected chi connectivity index (χ1v) is 9.96. The number of nitrogens with zero attached hydrogens (tertiary/aromatic N) is 3. The highest BCUT2D eigenvalue weighted by atomic mass is 79.9. The summed E-state index contributed by atoms with van der Waals surface area (Å²) in [5.74, 6) is -0.735. The van der Waals surface area contributed by atoms with Crippen LogP contribution in [0.15, 0.2) is 71.6 Å². The summed E-state index contributed by atoms with van der Waals surface area (Å²) in [5, 5.41) is 3.07. The van der Waals surface area contributed by atoms with E-state index in [-0.39, 0.29) is 18.1 Å². The molecule has 1 atom stereocenters. The minimum absolute atomic E-state index is 0.142. The minimum Gasteiger partial charge on any atom is -0.358 e. The maximum absolute atomic E-state index is 13.4. The maximum atomic E-state index is 13.4. The van der Waals surface area contributed by atoms with E-state index in [1.165, 1.54) is 30.5 Å². The second kappa shape index (κ2) is 9.62. The largest absolute Gasteiger partial charge is 0.358 e. The van der Waals surface area contributed by atoms with Gasteiger partial charge in [0.15, 0.2) is 0 Å². The van der Waals surface area contributed by atoms with E-state index in [0.717, 1.165) is 10.0 Å². The summed E-state index contributed by atoms with van der Waals surface area (Å²) in [4.78, 5) is 35.2. The molecule has 6 nitrogen and oxygen atoms in total. The first-order valence-electron chi connectivity index (χ1n) is 8.78. The van der Waals surface area contributed by atoms with Crippen LogP contribution in [0, 0.1) is 0 Å². The van der Waals surface area contributed by atoms with E-state index in [2.05, 4.69) is 31.2 Å². The molecular weight excluding hydrogens is 456 g/mol. The van der Waals surface area contributed by atoms with Crippen molar-refractivity contribution >= 4 is 39.3 Å². The number of hydrogen-bond acceptors (Lipinski definition) is 4. The number of carbonyl (C=O) groups excluding carboxylic acids is 2. The number of carbonyl (C=O) groups is 2. The van der Waals surface area contributed by atoms with Crippen LogP contribution in [-0.4, -0.2) is 40.3 Å². The van der Waals surface area contributed by atoms with Crippen LogP contribution in [0.1, 0.15) is 27.7 Å². The topological polar surface area (TPSA) is 75.2 Å². The molecule has 3 rings (SSSR count). The average Bonchev–Trinajstić information content (AvgIpc) is 2.74. The van der Waals surface area contributed by atoms with Crippen molar-refractivity contribution in [2.75, 3.05) is 13.6 Å². The van der Waals surface area contributed by atoms with Gasteiger partial charge in [0.05, 0.1) is 12.2 Å². The van der Waals surface area contributed by atoms with Crippen LogP contribution in [0.5, 0.6) is 0 Å².